The van der Waals surface area contributed by atoms with Crippen LogP contribution in [0.3, 0.4) is 0 Å². The van der Waals surface area contributed by atoms with Gasteiger partial charge in [0.1, 0.15) is 17.1 Å². The Balaban J connectivity index is 1.16. The normalized spacial score (nSPS) is 19.2. The van der Waals surface area contributed by atoms with E-state index >= 15 is 0 Å². The number of hydrogen-bond donors (Lipinski definition) is 1. The number of aryl methyl sites for hydroxylation is 1. The second-order valence-electron chi connectivity index (χ2n) is 9.34. The summed E-state index contributed by atoms with van der Waals surface area (Å²) in [6.45, 7) is 4.24. The van der Waals surface area contributed by atoms with Crippen LogP contribution in [-0.2, 0) is 6.42 Å². The highest BCUT2D eigenvalue weighted by Crippen LogP contribution is 2.59. The molecule has 1 atom stereocenters. The number of ether oxygens (including phenoxy) is 1. The zero-order chi connectivity index (χ0) is 24.8. The molecule has 1 N–H and O–H groups in total. The fraction of sp³-hybridized carbons (Fsp3) is 0.440. The topological polar surface area (TPSA) is 58.9 Å². The maximum Gasteiger partial charge on any atom is 0.573 e. The second-order valence-corrected chi connectivity index (χ2v) is 9.77. The van der Waals surface area contributed by atoms with E-state index < -0.39 is 6.36 Å². The molecule has 3 heterocycles. The molecule has 3 aromatic rings. The fourth-order valence-electron chi connectivity index (χ4n) is 5.26. The molecule has 1 spiro atoms. The predicted molar refractivity (Wildman–Crippen MR) is 127 cm³/mol. The molecule has 186 valence electrons. The molecule has 10 heteroatoms. The molecular weight excluding hydrogens is 481 g/mol. The number of fused-ring (bicyclic) bond motifs is 1. The number of anilines is 1. The number of pyridine rings is 1. The van der Waals surface area contributed by atoms with Crippen LogP contribution in [0.1, 0.15) is 42.4 Å². The Morgan fingerprint density at radius 2 is 1.91 bits per heavy atom. The molecular formula is C25H26ClF3N4O2. The number of hydrogen-bond acceptors (Lipinski definition) is 4. The zero-order valence-electron chi connectivity index (χ0n) is 19.2. The molecule has 1 aromatic carbocycles. The molecule has 1 amide bonds. The van der Waals surface area contributed by atoms with E-state index in [2.05, 4.69) is 19.9 Å². The van der Waals surface area contributed by atoms with Crippen LogP contribution in [0, 0.1) is 11.3 Å². The maximum absolute atomic E-state index is 13.1. The number of carbonyl (C=O) groups excluding carboxylic acids is 1. The molecule has 1 aliphatic heterocycles. The van der Waals surface area contributed by atoms with Gasteiger partial charge in [-0.25, -0.2) is 4.98 Å². The van der Waals surface area contributed by atoms with Crippen LogP contribution in [0.5, 0.6) is 5.75 Å². The van der Waals surface area contributed by atoms with Crippen LogP contribution in [0.2, 0.25) is 5.02 Å². The molecule has 1 saturated heterocycles. The van der Waals surface area contributed by atoms with Gasteiger partial charge in [-0.05, 0) is 73.4 Å². The lowest BCUT2D eigenvalue weighted by Crippen LogP contribution is -2.36. The van der Waals surface area contributed by atoms with E-state index in [-0.39, 0.29) is 17.1 Å². The molecule has 1 unspecified atom stereocenters. The summed E-state index contributed by atoms with van der Waals surface area (Å²) in [5, 5.41) is 3.65. The number of benzene rings is 1. The lowest BCUT2D eigenvalue weighted by atomic mass is 9.90. The summed E-state index contributed by atoms with van der Waals surface area (Å²) < 4.78 is 42.8. The third-order valence-electron chi connectivity index (χ3n) is 7.27. The van der Waals surface area contributed by atoms with Gasteiger partial charge in [0.05, 0.1) is 10.7 Å². The molecule has 0 bridgehead atoms. The molecule has 1 aliphatic carbocycles. The van der Waals surface area contributed by atoms with Crippen molar-refractivity contribution in [3.63, 3.8) is 0 Å². The summed E-state index contributed by atoms with van der Waals surface area (Å²) in [5.74, 6) is 0.0634. The number of imidazole rings is 1. The summed E-state index contributed by atoms with van der Waals surface area (Å²) in [6.07, 6.45) is 0.715. The number of nitrogens with zero attached hydrogens (tertiary/aromatic N) is 3. The molecule has 2 aromatic heterocycles. The molecule has 6 nitrogen and oxygen atoms in total. The van der Waals surface area contributed by atoms with E-state index in [1.165, 1.54) is 12.1 Å². The van der Waals surface area contributed by atoms with E-state index in [0.717, 1.165) is 43.7 Å². The van der Waals surface area contributed by atoms with Crippen molar-refractivity contribution in [2.75, 3.05) is 24.5 Å². The Hall–Kier alpha value is -2.94. The van der Waals surface area contributed by atoms with E-state index in [4.69, 9.17) is 11.6 Å². The predicted octanol–water partition coefficient (Wildman–Crippen LogP) is 5.49. The highest BCUT2D eigenvalue weighted by molar-refractivity contribution is 6.30. The summed E-state index contributed by atoms with van der Waals surface area (Å²) in [4.78, 5) is 19.8. The van der Waals surface area contributed by atoms with Crippen LogP contribution in [0.15, 0.2) is 42.6 Å². The monoisotopic (exact) mass is 506 g/mol. The Morgan fingerprint density at radius 3 is 2.57 bits per heavy atom. The number of aromatic nitrogens is 2. The molecule has 0 radical (unpaired) electrons. The minimum atomic E-state index is -4.69. The third-order valence-corrected chi connectivity index (χ3v) is 7.49. The van der Waals surface area contributed by atoms with Crippen LogP contribution in [0.25, 0.3) is 5.65 Å². The van der Waals surface area contributed by atoms with Crippen LogP contribution in [0.4, 0.5) is 18.9 Å². The van der Waals surface area contributed by atoms with Gasteiger partial charge in [-0.2, -0.15) is 0 Å². The Labute approximate surface area is 206 Å². The van der Waals surface area contributed by atoms with E-state index in [9.17, 15) is 18.0 Å². The van der Waals surface area contributed by atoms with Crippen molar-refractivity contribution in [1.82, 2.24) is 14.7 Å². The van der Waals surface area contributed by atoms with Crippen LogP contribution >= 0.6 is 11.6 Å². The summed E-state index contributed by atoms with van der Waals surface area (Å²) in [6, 6.07) is 9.59. The smallest absolute Gasteiger partial charge is 0.406 e. The number of rotatable bonds is 6. The number of nitrogens with one attached hydrogen (secondary N) is 1. The van der Waals surface area contributed by atoms with Gasteiger partial charge in [0.2, 0.25) is 0 Å². The minimum absolute atomic E-state index is 0.141. The average Bonchev–Trinajstić information content (AvgIpc) is 3.35. The number of amides is 1. The fourth-order valence-corrected chi connectivity index (χ4v) is 5.42. The molecule has 5 rings (SSSR count). The number of carbonyl (C=O) groups is 1. The van der Waals surface area contributed by atoms with Crippen molar-refractivity contribution in [1.29, 1.82) is 0 Å². The number of halogens is 4. The third kappa shape index (κ3) is 4.91. The lowest BCUT2D eigenvalue weighted by molar-refractivity contribution is -0.274. The van der Waals surface area contributed by atoms with Gasteiger partial charge in [-0.3, -0.25) is 9.20 Å². The quantitative estimate of drug-likeness (QED) is 0.480. The summed E-state index contributed by atoms with van der Waals surface area (Å²) >= 11 is 6.14. The van der Waals surface area contributed by atoms with Crippen molar-refractivity contribution < 1.29 is 22.7 Å². The van der Waals surface area contributed by atoms with Gasteiger partial charge < -0.3 is 15.0 Å². The van der Waals surface area contributed by atoms with Gasteiger partial charge in [-0.15, -0.1) is 13.2 Å². The van der Waals surface area contributed by atoms with Crippen LogP contribution < -0.4 is 15.0 Å². The van der Waals surface area contributed by atoms with Gasteiger partial charge in [0.25, 0.3) is 5.91 Å². The maximum atomic E-state index is 13.1. The highest BCUT2D eigenvalue weighted by Gasteiger charge is 2.54. The van der Waals surface area contributed by atoms with Gasteiger partial charge in [0, 0.05) is 31.5 Å². The second kappa shape index (κ2) is 8.93. The summed E-state index contributed by atoms with van der Waals surface area (Å²) in [5.41, 5.74) is 3.09. The highest BCUT2D eigenvalue weighted by atomic mass is 35.5. The largest absolute Gasteiger partial charge is 0.573 e. The summed E-state index contributed by atoms with van der Waals surface area (Å²) in [7, 11) is 0. The van der Waals surface area contributed by atoms with E-state index in [1.807, 2.05) is 6.92 Å². The van der Waals surface area contributed by atoms with Crippen molar-refractivity contribution >= 4 is 28.8 Å². The Kier molecular flexibility index (Phi) is 6.07. The Bertz CT molecular complexity index is 1230. The van der Waals surface area contributed by atoms with Crippen molar-refractivity contribution in [3.8, 4) is 5.75 Å². The van der Waals surface area contributed by atoms with E-state index in [1.54, 1.807) is 34.9 Å². The van der Waals surface area contributed by atoms with Crippen molar-refractivity contribution in [3.05, 3.63) is 59.0 Å². The first-order valence-electron chi connectivity index (χ1n) is 11.7. The number of piperidine rings is 1. The minimum Gasteiger partial charge on any atom is -0.406 e. The van der Waals surface area contributed by atoms with Gasteiger partial charge >= 0.3 is 6.36 Å². The van der Waals surface area contributed by atoms with Crippen molar-refractivity contribution in [2.45, 2.75) is 39.0 Å². The molecule has 2 fully saturated rings. The van der Waals surface area contributed by atoms with Crippen molar-refractivity contribution in [2.24, 2.45) is 11.3 Å². The molecule has 1 saturated carbocycles. The first-order chi connectivity index (χ1) is 16.7. The van der Waals surface area contributed by atoms with Crippen LogP contribution in [-0.4, -0.2) is 41.3 Å². The first-order valence-corrected chi connectivity index (χ1v) is 12.1. The molecule has 2 aliphatic rings. The average molecular weight is 507 g/mol. The standard InChI is InChI=1S/C25H26ClF3N4O2/c1-2-20-22(33-15-17(26)3-8-21(33)31-20)23(34)30-14-16-13-24(16)9-11-32(12-10-24)18-4-6-19(7-5-18)35-25(27,28)29/h3-8,15-16H,2,9-14H2,1H3,(H,30,34). The van der Waals surface area contributed by atoms with Gasteiger partial charge in [-0.1, -0.05) is 18.5 Å². The lowest BCUT2D eigenvalue weighted by Gasteiger charge is -2.34. The molecule has 35 heavy (non-hydrogen) atoms. The SMILES string of the molecule is CCc1nc2ccc(Cl)cn2c1C(=O)NCC1CC12CCN(c1ccc(OC(F)(F)F)cc1)CC2. The zero-order valence-corrected chi connectivity index (χ0v) is 20.0. The number of alkyl halides is 3. The van der Waals surface area contributed by atoms with E-state index in [0.29, 0.717) is 35.2 Å². The Morgan fingerprint density at radius 1 is 1.20 bits per heavy atom. The first kappa shape index (κ1) is 23.8. The van der Waals surface area contributed by atoms with Gasteiger partial charge in [0.15, 0.2) is 0 Å².